The molecule has 0 saturated carbocycles. The molecular weight excluding hydrogens is 258 g/mol. The standard InChI is InChI=1S/C19H13NO/c21-19-15-8-4-5-9-17(15)20-18-11-10-14(12-16(18)19)13-6-2-1-3-7-13/h1-12H,(H,20,21). The number of rotatable bonds is 1. The van der Waals surface area contributed by atoms with E-state index in [9.17, 15) is 5.11 Å². The highest BCUT2D eigenvalue weighted by Crippen LogP contribution is 2.34. The first-order valence-electron chi connectivity index (χ1n) is 6.90. The van der Waals surface area contributed by atoms with Crippen molar-refractivity contribution in [3.63, 3.8) is 0 Å². The maximum absolute atomic E-state index is 10.5. The maximum atomic E-state index is 10.5. The number of aromatic hydroxyl groups is 1. The topological polar surface area (TPSA) is 33.1 Å². The van der Waals surface area contributed by atoms with Gasteiger partial charge in [-0.05, 0) is 35.4 Å². The van der Waals surface area contributed by atoms with E-state index in [0.29, 0.717) is 5.75 Å². The van der Waals surface area contributed by atoms with Gasteiger partial charge in [-0.25, -0.2) is 4.98 Å². The van der Waals surface area contributed by atoms with Gasteiger partial charge in [0, 0.05) is 10.8 Å². The Morgan fingerprint density at radius 1 is 0.619 bits per heavy atom. The second-order valence-corrected chi connectivity index (χ2v) is 5.08. The van der Waals surface area contributed by atoms with E-state index in [4.69, 9.17) is 0 Å². The van der Waals surface area contributed by atoms with Crippen molar-refractivity contribution >= 4 is 21.8 Å². The molecule has 0 aliphatic rings. The Bertz CT molecular complexity index is 945. The zero-order chi connectivity index (χ0) is 14.2. The van der Waals surface area contributed by atoms with E-state index in [1.54, 1.807) is 0 Å². The molecule has 1 aromatic heterocycles. The Kier molecular flexibility index (Phi) is 2.61. The molecule has 4 aromatic rings. The molecule has 1 N–H and O–H groups in total. The highest BCUT2D eigenvalue weighted by atomic mass is 16.3. The molecule has 3 aromatic carbocycles. The number of nitrogens with zero attached hydrogens (tertiary/aromatic N) is 1. The summed E-state index contributed by atoms with van der Waals surface area (Å²) in [6.07, 6.45) is 0. The number of hydrogen-bond donors (Lipinski definition) is 1. The van der Waals surface area contributed by atoms with Crippen LogP contribution < -0.4 is 0 Å². The summed E-state index contributed by atoms with van der Waals surface area (Å²) in [5.41, 5.74) is 3.84. The normalized spacial score (nSPS) is 11.0. The third kappa shape index (κ3) is 1.93. The number of para-hydroxylation sites is 1. The van der Waals surface area contributed by atoms with Crippen molar-refractivity contribution in [2.75, 3.05) is 0 Å². The molecule has 0 aliphatic heterocycles. The molecule has 4 rings (SSSR count). The van der Waals surface area contributed by atoms with Gasteiger partial charge in [0.25, 0.3) is 0 Å². The van der Waals surface area contributed by atoms with Crippen molar-refractivity contribution in [1.82, 2.24) is 4.98 Å². The smallest absolute Gasteiger partial charge is 0.134 e. The molecule has 0 aliphatic carbocycles. The van der Waals surface area contributed by atoms with Crippen LogP contribution in [0.1, 0.15) is 0 Å². The molecule has 0 bridgehead atoms. The molecule has 2 nitrogen and oxygen atoms in total. The average molecular weight is 271 g/mol. The summed E-state index contributed by atoms with van der Waals surface area (Å²) >= 11 is 0. The van der Waals surface area contributed by atoms with Crippen molar-refractivity contribution < 1.29 is 5.11 Å². The maximum Gasteiger partial charge on any atom is 0.134 e. The fraction of sp³-hybridized carbons (Fsp3) is 0. The van der Waals surface area contributed by atoms with Gasteiger partial charge in [0.05, 0.1) is 11.0 Å². The minimum atomic E-state index is 0.299. The summed E-state index contributed by atoms with van der Waals surface area (Å²) < 4.78 is 0. The van der Waals surface area contributed by atoms with Gasteiger partial charge in [-0.15, -0.1) is 0 Å². The highest BCUT2D eigenvalue weighted by Gasteiger charge is 2.08. The van der Waals surface area contributed by atoms with Gasteiger partial charge in [0.1, 0.15) is 5.75 Å². The number of pyridine rings is 1. The van der Waals surface area contributed by atoms with Crippen molar-refractivity contribution in [3.05, 3.63) is 72.8 Å². The lowest BCUT2D eigenvalue weighted by atomic mass is 10.0. The van der Waals surface area contributed by atoms with E-state index in [2.05, 4.69) is 17.1 Å². The van der Waals surface area contributed by atoms with E-state index >= 15 is 0 Å². The Morgan fingerprint density at radius 3 is 2.19 bits per heavy atom. The van der Waals surface area contributed by atoms with Gasteiger partial charge in [0.15, 0.2) is 0 Å². The Balaban J connectivity index is 2.03. The minimum absolute atomic E-state index is 0.299. The van der Waals surface area contributed by atoms with Gasteiger partial charge in [0.2, 0.25) is 0 Å². The van der Waals surface area contributed by atoms with Gasteiger partial charge >= 0.3 is 0 Å². The van der Waals surface area contributed by atoms with Crippen LogP contribution in [0, 0.1) is 0 Å². The van der Waals surface area contributed by atoms with Crippen LogP contribution in [0.15, 0.2) is 72.8 Å². The second kappa shape index (κ2) is 4.60. The molecular formula is C19H13NO. The van der Waals surface area contributed by atoms with Crippen LogP contribution in [-0.4, -0.2) is 10.1 Å². The molecule has 0 saturated heterocycles. The molecule has 0 radical (unpaired) electrons. The first-order valence-corrected chi connectivity index (χ1v) is 6.90. The zero-order valence-electron chi connectivity index (χ0n) is 11.3. The van der Waals surface area contributed by atoms with E-state index in [1.165, 1.54) is 0 Å². The van der Waals surface area contributed by atoms with E-state index in [1.807, 2.05) is 60.7 Å². The first kappa shape index (κ1) is 11.9. The van der Waals surface area contributed by atoms with E-state index < -0.39 is 0 Å². The third-order valence-corrected chi connectivity index (χ3v) is 3.76. The van der Waals surface area contributed by atoms with Gasteiger partial charge in [-0.3, -0.25) is 0 Å². The molecule has 0 unspecified atom stereocenters. The van der Waals surface area contributed by atoms with Crippen LogP contribution >= 0.6 is 0 Å². The van der Waals surface area contributed by atoms with E-state index in [-0.39, 0.29) is 0 Å². The Hall–Kier alpha value is -2.87. The fourth-order valence-electron chi connectivity index (χ4n) is 2.68. The minimum Gasteiger partial charge on any atom is -0.507 e. The summed E-state index contributed by atoms with van der Waals surface area (Å²) in [4.78, 5) is 4.61. The van der Waals surface area contributed by atoms with Crippen molar-refractivity contribution in [2.24, 2.45) is 0 Å². The Morgan fingerprint density at radius 2 is 1.33 bits per heavy atom. The molecule has 2 heteroatoms. The first-order chi connectivity index (χ1) is 10.3. The largest absolute Gasteiger partial charge is 0.507 e. The lowest BCUT2D eigenvalue weighted by Crippen LogP contribution is -1.85. The number of fused-ring (bicyclic) bond motifs is 2. The second-order valence-electron chi connectivity index (χ2n) is 5.08. The number of hydrogen-bond acceptors (Lipinski definition) is 2. The summed E-state index contributed by atoms with van der Waals surface area (Å²) in [6, 6.07) is 23.8. The van der Waals surface area contributed by atoms with Gasteiger partial charge in [-0.1, -0.05) is 48.5 Å². The van der Waals surface area contributed by atoms with E-state index in [0.717, 1.165) is 32.9 Å². The molecule has 0 atom stereocenters. The van der Waals surface area contributed by atoms with Crippen molar-refractivity contribution in [3.8, 4) is 16.9 Å². The van der Waals surface area contributed by atoms with Crippen molar-refractivity contribution in [2.45, 2.75) is 0 Å². The summed E-state index contributed by atoms with van der Waals surface area (Å²) in [5, 5.41) is 12.1. The Labute approximate surface area is 122 Å². The van der Waals surface area contributed by atoms with Gasteiger partial charge < -0.3 is 5.11 Å². The van der Waals surface area contributed by atoms with Crippen LogP contribution in [0.3, 0.4) is 0 Å². The molecule has 0 spiro atoms. The predicted molar refractivity (Wildman–Crippen MR) is 86.3 cm³/mol. The fourth-order valence-corrected chi connectivity index (χ4v) is 2.68. The van der Waals surface area contributed by atoms with Crippen LogP contribution in [0.5, 0.6) is 5.75 Å². The van der Waals surface area contributed by atoms with Crippen LogP contribution in [0.2, 0.25) is 0 Å². The SMILES string of the molecule is Oc1c2ccccc2nc2ccc(-c3ccccc3)cc12. The molecule has 21 heavy (non-hydrogen) atoms. The highest BCUT2D eigenvalue weighted by molar-refractivity contribution is 6.01. The summed E-state index contributed by atoms with van der Waals surface area (Å²) in [5.74, 6) is 0.299. The van der Waals surface area contributed by atoms with Crippen molar-refractivity contribution in [1.29, 1.82) is 0 Å². The van der Waals surface area contributed by atoms with Gasteiger partial charge in [-0.2, -0.15) is 0 Å². The number of benzene rings is 3. The van der Waals surface area contributed by atoms with Crippen LogP contribution in [0.25, 0.3) is 32.9 Å². The summed E-state index contributed by atoms with van der Waals surface area (Å²) in [7, 11) is 0. The molecule has 0 fully saturated rings. The molecule has 1 heterocycles. The monoisotopic (exact) mass is 271 g/mol. The van der Waals surface area contributed by atoms with Crippen LogP contribution in [-0.2, 0) is 0 Å². The summed E-state index contributed by atoms with van der Waals surface area (Å²) in [6.45, 7) is 0. The lowest BCUT2D eigenvalue weighted by Gasteiger charge is -2.08. The third-order valence-electron chi connectivity index (χ3n) is 3.76. The zero-order valence-corrected chi connectivity index (χ0v) is 11.3. The molecule has 0 amide bonds. The lowest BCUT2D eigenvalue weighted by molar-refractivity contribution is 0.487. The van der Waals surface area contributed by atoms with Crippen LogP contribution in [0.4, 0.5) is 0 Å². The quantitative estimate of drug-likeness (QED) is 0.506. The average Bonchev–Trinajstić information content (AvgIpc) is 2.56. The number of aromatic nitrogens is 1. The molecule has 100 valence electrons. The predicted octanol–water partition coefficient (Wildman–Crippen LogP) is 4.76.